The van der Waals surface area contributed by atoms with Crippen molar-refractivity contribution in [3.63, 3.8) is 0 Å². The van der Waals surface area contributed by atoms with Gasteiger partial charge in [0.25, 0.3) is 0 Å². The van der Waals surface area contributed by atoms with E-state index in [9.17, 15) is 0 Å². The predicted molar refractivity (Wildman–Crippen MR) is 144 cm³/mol. The minimum atomic E-state index is 0.407. The highest BCUT2D eigenvalue weighted by Crippen LogP contribution is 2.42. The molecule has 0 aliphatic heterocycles. The second kappa shape index (κ2) is 7.92. The Bertz CT molecular complexity index is 1640. The normalized spacial score (nSPS) is 12.1. The molecule has 2 heterocycles. The largest absolute Gasteiger partial charge is 0.455 e. The summed E-state index contributed by atoms with van der Waals surface area (Å²) in [4.78, 5) is 0. The van der Waals surface area contributed by atoms with Crippen molar-refractivity contribution in [1.29, 1.82) is 0 Å². The molecule has 0 fully saturated rings. The van der Waals surface area contributed by atoms with Gasteiger partial charge in [-0.25, -0.2) is 0 Å². The zero-order valence-corrected chi connectivity index (χ0v) is 20.2. The number of aromatic nitrogens is 1. The van der Waals surface area contributed by atoms with Gasteiger partial charge in [0.2, 0.25) is 0 Å². The molecule has 0 spiro atoms. The molecule has 2 heteroatoms. The zero-order chi connectivity index (χ0) is 23.4. The minimum Gasteiger partial charge on any atom is -0.455 e. The van der Waals surface area contributed by atoms with Gasteiger partial charge in [-0.3, -0.25) is 0 Å². The lowest BCUT2D eigenvalue weighted by molar-refractivity contribution is 0.669. The van der Waals surface area contributed by atoms with Crippen LogP contribution in [-0.4, -0.2) is 4.57 Å². The molecule has 0 saturated carbocycles. The lowest BCUT2D eigenvalue weighted by atomic mass is 9.92. The Labute approximate surface area is 200 Å². The average molecular weight is 444 g/mol. The van der Waals surface area contributed by atoms with Crippen molar-refractivity contribution in [3.05, 3.63) is 102 Å². The molecule has 6 rings (SSSR count). The van der Waals surface area contributed by atoms with Crippen molar-refractivity contribution in [2.45, 2.75) is 39.5 Å². The maximum Gasteiger partial charge on any atom is 0.144 e. The van der Waals surface area contributed by atoms with Crippen LogP contribution in [0.15, 0.2) is 95.4 Å². The van der Waals surface area contributed by atoms with Crippen molar-refractivity contribution in [3.8, 4) is 16.9 Å². The van der Waals surface area contributed by atoms with E-state index in [0.29, 0.717) is 11.8 Å². The number of hydrogen-bond donors (Lipinski definition) is 0. The SMILES string of the molecule is CC(C)c1cccc(C(C)C)c1-n1c(-c2cccc3c2oc2ccccc23)cc2ccccc21. The first-order chi connectivity index (χ1) is 16.5. The second-order valence-electron chi connectivity index (χ2n) is 9.80. The van der Waals surface area contributed by atoms with Crippen LogP contribution < -0.4 is 0 Å². The summed E-state index contributed by atoms with van der Waals surface area (Å²) < 4.78 is 8.94. The summed E-state index contributed by atoms with van der Waals surface area (Å²) in [6, 6.07) is 32.6. The highest BCUT2D eigenvalue weighted by atomic mass is 16.3. The molecule has 34 heavy (non-hydrogen) atoms. The monoisotopic (exact) mass is 443 g/mol. The molecule has 168 valence electrons. The summed E-state index contributed by atoms with van der Waals surface area (Å²) >= 11 is 0. The van der Waals surface area contributed by atoms with Gasteiger partial charge in [0.1, 0.15) is 11.2 Å². The van der Waals surface area contributed by atoms with Crippen molar-refractivity contribution in [1.82, 2.24) is 4.57 Å². The Balaban J connectivity index is 1.77. The molecule has 2 nitrogen and oxygen atoms in total. The summed E-state index contributed by atoms with van der Waals surface area (Å²) in [5, 5.41) is 3.55. The number of benzene rings is 4. The van der Waals surface area contributed by atoms with Crippen LogP contribution in [0.5, 0.6) is 0 Å². The van der Waals surface area contributed by atoms with E-state index < -0.39 is 0 Å². The molecule has 6 aromatic rings. The molecule has 0 unspecified atom stereocenters. The van der Waals surface area contributed by atoms with E-state index in [0.717, 1.165) is 27.5 Å². The fourth-order valence-electron chi connectivity index (χ4n) is 5.31. The van der Waals surface area contributed by atoms with Gasteiger partial charge in [-0.15, -0.1) is 0 Å². The van der Waals surface area contributed by atoms with E-state index in [1.807, 2.05) is 6.07 Å². The van der Waals surface area contributed by atoms with Gasteiger partial charge in [-0.2, -0.15) is 0 Å². The van der Waals surface area contributed by atoms with Crippen molar-refractivity contribution in [2.24, 2.45) is 0 Å². The quantitative estimate of drug-likeness (QED) is 0.265. The summed E-state index contributed by atoms with van der Waals surface area (Å²) in [6.45, 7) is 9.14. The number of furan rings is 1. The Hall–Kier alpha value is -3.78. The van der Waals surface area contributed by atoms with E-state index in [-0.39, 0.29) is 0 Å². The van der Waals surface area contributed by atoms with Crippen LogP contribution in [0.2, 0.25) is 0 Å². The molecular formula is C32H29NO. The van der Waals surface area contributed by atoms with Gasteiger partial charge < -0.3 is 8.98 Å². The fourth-order valence-corrected chi connectivity index (χ4v) is 5.31. The molecule has 0 N–H and O–H groups in total. The summed E-state index contributed by atoms with van der Waals surface area (Å²) in [5.41, 5.74) is 9.42. The maximum absolute atomic E-state index is 6.47. The van der Waals surface area contributed by atoms with Crippen molar-refractivity contribution in [2.75, 3.05) is 0 Å². The molecule has 0 amide bonds. The van der Waals surface area contributed by atoms with E-state index in [4.69, 9.17) is 4.42 Å². The minimum absolute atomic E-state index is 0.407. The van der Waals surface area contributed by atoms with Crippen LogP contribution in [0.4, 0.5) is 0 Å². The first kappa shape index (κ1) is 20.8. The van der Waals surface area contributed by atoms with Gasteiger partial charge in [-0.1, -0.05) is 94.4 Å². The Morgan fingerprint density at radius 1 is 0.647 bits per heavy atom. The summed E-state index contributed by atoms with van der Waals surface area (Å²) in [5.74, 6) is 0.814. The van der Waals surface area contributed by atoms with Gasteiger partial charge in [0, 0.05) is 21.7 Å². The predicted octanol–water partition coefficient (Wildman–Crippen LogP) is 9.44. The van der Waals surface area contributed by atoms with Crippen LogP contribution in [-0.2, 0) is 0 Å². The smallest absolute Gasteiger partial charge is 0.144 e. The van der Waals surface area contributed by atoms with E-state index >= 15 is 0 Å². The van der Waals surface area contributed by atoms with Gasteiger partial charge in [-0.05, 0) is 47.2 Å². The van der Waals surface area contributed by atoms with Gasteiger partial charge in [0.15, 0.2) is 0 Å². The Morgan fingerprint density at radius 3 is 2.06 bits per heavy atom. The third-order valence-corrected chi connectivity index (χ3v) is 6.96. The van der Waals surface area contributed by atoms with E-state index in [2.05, 4.69) is 117 Å². The van der Waals surface area contributed by atoms with Crippen LogP contribution in [0.1, 0.15) is 50.7 Å². The van der Waals surface area contributed by atoms with Crippen molar-refractivity contribution >= 4 is 32.8 Å². The fraction of sp³-hybridized carbons (Fsp3) is 0.188. The summed E-state index contributed by atoms with van der Waals surface area (Å²) in [7, 11) is 0. The lowest BCUT2D eigenvalue weighted by Crippen LogP contribution is -2.08. The standard InChI is InChI=1S/C32H29NO/c1-20(2)23-13-9-14-24(21(3)4)31(23)33-28-17-7-5-11-22(28)19-29(33)27-16-10-15-26-25-12-6-8-18-30(25)34-32(26)27/h5-21H,1-4H3. The van der Waals surface area contributed by atoms with Gasteiger partial charge in [0.05, 0.1) is 16.9 Å². The van der Waals surface area contributed by atoms with Crippen molar-refractivity contribution < 1.29 is 4.42 Å². The summed E-state index contributed by atoms with van der Waals surface area (Å²) in [6.07, 6.45) is 0. The molecule has 4 aromatic carbocycles. The first-order valence-corrected chi connectivity index (χ1v) is 12.2. The highest BCUT2D eigenvalue weighted by Gasteiger charge is 2.22. The number of hydrogen-bond acceptors (Lipinski definition) is 1. The second-order valence-corrected chi connectivity index (χ2v) is 9.80. The Morgan fingerprint density at radius 2 is 1.29 bits per heavy atom. The molecule has 0 bridgehead atoms. The Kier molecular flexibility index (Phi) is 4.84. The maximum atomic E-state index is 6.47. The van der Waals surface area contributed by atoms with Gasteiger partial charge >= 0.3 is 0 Å². The topological polar surface area (TPSA) is 18.1 Å². The third kappa shape index (κ3) is 3.09. The average Bonchev–Trinajstić information content (AvgIpc) is 3.42. The number of para-hydroxylation sites is 4. The molecule has 0 radical (unpaired) electrons. The zero-order valence-electron chi connectivity index (χ0n) is 20.2. The molecular weight excluding hydrogens is 414 g/mol. The first-order valence-electron chi connectivity index (χ1n) is 12.2. The van der Waals surface area contributed by atoms with Crippen LogP contribution in [0.25, 0.3) is 49.8 Å². The van der Waals surface area contributed by atoms with E-state index in [1.165, 1.54) is 33.4 Å². The number of fused-ring (bicyclic) bond motifs is 4. The molecule has 0 saturated heterocycles. The molecule has 0 atom stereocenters. The van der Waals surface area contributed by atoms with E-state index in [1.54, 1.807) is 0 Å². The molecule has 0 aliphatic carbocycles. The van der Waals surface area contributed by atoms with Crippen LogP contribution in [0.3, 0.4) is 0 Å². The van der Waals surface area contributed by atoms with Crippen LogP contribution in [0, 0.1) is 0 Å². The number of nitrogens with zero attached hydrogens (tertiary/aromatic N) is 1. The number of rotatable bonds is 4. The lowest BCUT2D eigenvalue weighted by Gasteiger charge is -2.23. The van der Waals surface area contributed by atoms with Crippen LogP contribution >= 0.6 is 0 Å². The molecule has 0 aliphatic rings. The third-order valence-electron chi connectivity index (χ3n) is 6.96. The molecule has 2 aromatic heterocycles. The highest BCUT2D eigenvalue weighted by molar-refractivity contribution is 6.10.